The molecule has 3 aromatic rings. The molecule has 0 aliphatic heterocycles. The zero-order valence-corrected chi connectivity index (χ0v) is 17.1. The van der Waals surface area contributed by atoms with E-state index in [1.165, 1.54) is 19.1 Å². The lowest BCUT2D eigenvalue weighted by Gasteiger charge is -2.12. The molecule has 0 radical (unpaired) electrons. The molecule has 1 fully saturated rings. The van der Waals surface area contributed by atoms with Gasteiger partial charge in [-0.3, -0.25) is 9.44 Å². The summed E-state index contributed by atoms with van der Waals surface area (Å²) in [6, 6.07) is 7.40. The summed E-state index contributed by atoms with van der Waals surface area (Å²) in [6.07, 6.45) is 2.89. The van der Waals surface area contributed by atoms with Gasteiger partial charge in [0, 0.05) is 11.6 Å². The van der Waals surface area contributed by atoms with Crippen molar-refractivity contribution in [3.63, 3.8) is 0 Å². The SMILES string of the molecule is CCS(=O)(=O)Nc1ccc(-c2cc(NS(=O)(=O)C3CC3)nc3[nH]ccc23)cc1F. The molecule has 29 heavy (non-hydrogen) atoms. The van der Waals surface area contributed by atoms with Gasteiger partial charge in [-0.2, -0.15) is 0 Å². The smallest absolute Gasteiger partial charge is 0.236 e. The predicted octanol–water partition coefficient (Wildman–Crippen LogP) is 3.03. The molecule has 1 aromatic carbocycles. The van der Waals surface area contributed by atoms with E-state index in [1.807, 2.05) is 0 Å². The molecule has 0 unspecified atom stereocenters. The van der Waals surface area contributed by atoms with Crippen molar-refractivity contribution in [2.24, 2.45) is 0 Å². The van der Waals surface area contributed by atoms with Gasteiger partial charge in [0.25, 0.3) is 0 Å². The number of anilines is 2. The fourth-order valence-electron chi connectivity index (χ4n) is 2.94. The second-order valence-corrected chi connectivity index (χ2v) is 10.8. The number of H-pyrrole nitrogens is 1. The highest BCUT2D eigenvalue weighted by Gasteiger charge is 2.36. The second kappa shape index (κ2) is 6.99. The van der Waals surface area contributed by atoms with Crippen molar-refractivity contribution < 1.29 is 21.2 Å². The average Bonchev–Trinajstić information content (AvgIpc) is 3.42. The first-order chi connectivity index (χ1) is 13.7. The third kappa shape index (κ3) is 4.06. The molecular formula is C18H19FN4O4S2. The molecule has 8 nitrogen and oxygen atoms in total. The maximum atomic E-state index is 14.6. The molecule has 0 amide bonds. The zero-order chi connectivity index (χ0) is 20.8. The van der Waals surface area contributed by atoms with Crippen molar-refractivity contribution in [3.05, 3.63) is 42.3 Å². The standard InChI is InChI=1S/C18H19FN4O4S2/c1-2-28(24,25)22-16-6-3-11(9-15(16)19)14-10-17(21-18-13(14)7-8-20-18)23-29(26,27)12-4-5-12/h3,6-10,12,22H,2,4-5H2,1H3,(H2,20,21,23). The first kappa shape index (κ1) is 19.6. The van der Waals surface area contributed by atoms with Gasteiger partial charge in [-0.15, -0.1) is 0 Å². The molecule has 0 atom stereocenters. The van der Waals surface area contributed by atoms with Gasteiger partial charge in [0.05, 0.1) is 16.7 Å². The van der Waals surface area contributed by atoms with E-state index in [2.05, 4.69) is 19.4 Å². The summed E-state index contributed by atoms with van der Waals surface area (Å²) in [5.41, 5.74) is 1.33. The first-order valence-electron chi connectivity index (χ1n) is 8.99. The van der Waals surface area contributed by atoms with Crippen molar-refractivity contribution in [2.75, 3.05) is 15.2 Å². The highest BCUT2D eigenvalue weighted by Crippen LogP contribution is 2.34. The van der Waals surface area contributed by atoms with E-state index in [9.17, 15) is 21.2 Å². The molecular weight excluding hydrogens is 419 g/mol. The monoisotopic (exact) mass is 438 g/mol. The van der Waals surface area contributed by atoms with Crippen LogP contribution in [0.4, 0.5) is 15.9 Å². The predicted molar refractivity (Wildman–Crippen MR) is 110 cm³/mol. The number of sulfonamides is 2. The Morgan fingerprint density at radius 3 is 2.55 bits per heavy atom. The molecule has 2 heterocycles. The van der Waals surface area contributed by atoms with E-state index in [0.29, 0.717) is 35.0 Å². The Balaban J connectivity index is 1.75. The maximum absolute atomic E-state index is 14.6. The minimum atomic E-state index is -3.61. The Morgan fingerprint density at radius 2 is 1.90 bits per heavy atom. The van der Waals surface area contributed by atoms with E-state index in [-0.39, 0.29) is 17.3 Å². The fourth-order valence-corrected chi connectivity index (χ4v) is 4.91. The second-order valence-electron chi connectivity index (χ2n) is 6.84. The van der Waals surface area contributed by atoms with Gasteiger partial charge in [-0.25, -0.2) is 26.2 Å². The van der Waals surface area contributed by atoms with Gasteiger partial charge >= 0.3 is 0 Å². The summed E-state index contributed by atoms with van der Waals surface area (Å²) in [5.74, 6) is -0.773. The van der Waals surface area contributed by atoms with Crippen LogP contribution < -0.4 is 9.44 Å². The lowest BCUT2D eigenvalue weighted by Crippen LogP contribution is -2.18. The third-order valence-corrected chi connectivity index (χ3v) is 7.80. The molecule has 0 spiro atoms. The summed E-state index contributed by atoms with van der Waals surface area (Å²) in [4.78, 5) is 7.22. The van der Waals surface area contributed by atoms with Gasteiger partial charge in [0.1, 0.15) is 17.3 Å². The lowest BCUT2D eigenvalue weighted by atomic mass is 10.0. The van der Waals surface area contributed by atoms with Crippen LogP contribution in [0.15, 0.2) is 36.5 Å². The summed E-state index contributed by atoms with van der Waals surface area (Å²) < 4.78 is 67.2. The number of aromatic amines is 1. The Morgan fingerprint density at radius 1 is 1.14 bits per heavy atom. The molecule has 154 valence electrons. The fraction of sp³-hybridized carbons (Fsp3) is 0.278. The summed E-state index contributed by atoms with van der Waals surface area (Å²) in [6.45, 7) is 1.46. The molecule has 11 heteroatoms. The Labute approximate surface area is 167 Å². The molecule has 4 rings (SSSR count). The number of nitrogens with zero attached hydrogens (tertiary/aromatic N) is 1. The van der Waals surface area contributed by atoms with Crippen LogP contribution in [0.3, 0.4) is 0 Å². The average molecular weight is 439 g/mol. The van der Waals surface area contributed by atoms with Crippen LogP contribution in [0.2, 0.25) is 0 Å². The van der Waals surface area contributed by atoms with Gasteiger partial charge in [0.2, 0.25) is 20.0 Å². The number of aromatic nitrogens is 2. The van der Waals surface area contributed by atoms with E-state index < -0.39 is 31.1 Å². The van der Waals surface area contributed by atoms with Crippen molar-refractivity contribution in [3.8, 4) is 11.1 Å². The molecule has 2 aromatic heterocycles. The number of rotatable bonds is 7. The van der Waals surface area contributed by atoms with Gasteiger partial charge in [-0.1, -0.05) is 6.07 Å². The summed E-state index contributed by atoms with van der Waals surface area (Å²) in [7, 11) is -7.12. The lowest BCUT2D eigenvalue weighted by molar-refractivity contribution is 0.598. The number of fused-ring (bicyclic) bond motifs is 1. The van der Waals surface area contributed by atoms with Crippen molar-refractivity contribution in [1.82, 2.24) is 9.97 Å². The Bertz CT molecular complexity index is 1300. The first-order valence-corrected chi connectivity index (χ1v) is 12.2. The van der Waals surface area contributed by atoms with Crippen LogP contribution >= 0.6 is 0 Å². The highest BCUT2D eigenvalue weighted by atomic mass is 32.2. The molecule has 0 saturated heterocycles. The van der Waals surface area contributed by atoms with Gasteiger partial charge in [0.15, 0.2) is 0 Å². The van der Waals surface area contributed by atoms with Crippen LogP contribution in [0.5, 0.6) is 0 Å². The van der Waals surface area contributed by atoms with Crippen LogP contribution in [0.1, 0.15) is 19.8 Å². The van der Waals surface area contributed by atoms with E-state index in [0.717, 1.165) is 0 Å². The van der Waals surface area contributed by atoms with Crippen LogP contribution in [0, 0.1) is 5.82 Å². The quantitative estimate of drug-likeness (QED) is 0.524. The van der Waals surface area contributed by atoms with Crippen molar-refractivity contribution in [1.29, 1.82) is 0 Å². The van der Waals surface area contributed by atoms with Crippen molar-refractivity contribution >= 4 is 42.6 Å². The molecule has 3 N–H and O–H groups in total. The molecule has 1 aliphatic carbocycles. The summed E-state index contributed by atoms with van der Waals surface area (Å²) >= 11 is 0. The highest BCUT2D eigenvalue weighted by molar-refractivity contribution is 7.93. The molecule has 1 aliphatic rings. The maximum Gasteiger partial charge on any atom is 0.236 e. The largest absolute Gasteiger partial charge is 0.346 e. The van der Waals surface area contributed by atoms with Gasteiger partial charge in [-0.05, 0) is 55.2 Å². The third-order valence-electron chi connectivity index (χ3n) is 4.66. The Kier molecular flexibility index (Phi) is 4.74. The number of hydrogen-bond acceptors (Lipinski definition) is 5. The Hall–Kier alpha value is -2.66. The molecule has 0 bridgehead atoms. The summed E-state index contributed by atoms with van der Waals surface area (Å²) in [5, 5.41) is 0.274. The van der Waals surface area contributed by atoms with Gasteiger partial charge < -0.3 is 4.98 Å². The minimum Gasteiger partial charge on any atom is -0.346 e. The number of benzene rings is 1. The van der Waals surface area contributed by atoms with Crippen LogP contribution in [-0.2, 0) is 20.0 Å². The van der Waals surface area contributed by atoms with Crippen LogP contribution in [-0.4, -0.2) is 37.8 Å². The zero-order valence-electron chi connectivity index (χ0n) is 15.4. The molecule has 1 saturated carbocycles. The minimum absolute atomic E-state index is 0.137. The van der Waals surface area contributed by atoms with E-state index in [4.69, 9.17) is 0 Å². The van der Waals surface area contributed by atoms with E-state index >= 15 is 0 Å². The number of pyridine rings is 1. The number of halogens is 1. The van der Waals surface area contributed by atoms with Crippen molar-refractivity contribution in [2.45, 2.75) is 25.0 Å². The number of hydrogen-bond donors (Lipinski definition) is 3. The van der Waals surface area contributed by atoms with E-state index in [1.54, 1.807) is 24.4 Å². The normalized spacial score (nSPS) is 14.8. The van der Waals surface area contributed by atoms with Crippen LogP contribution in [0.25, 0.3) is 22.2 Å². The topological polar surface area (TPSA) is 121 Å². The number of nitrogens with one attached hydrogen (secondary N) is 3.